The number of benzene rings is 2. The van der Waals surface area contributed by atoms with Gasteiger partial charge in [-0.05, 0) is 62.9 Å². The predicted molar refractivity (Wildman–Crippen MR) is 117 cm³/mol. The lowest BCUT2D eigenvalue weighted by molar-refractivity contribution is 0.0802. The second kappa shape index (κ2) is 7.51. The molecule has 0 radical (unpaired) electrons. The Bertz CT molecular complexity index is 964. The van der Waals surface area contributed by atoms with Gasteiger partial charge in [0.1, 0.15) is 0 Å². The maximum Gasteiger partial charge on any atom is 0.253 e. The smallest absolute Gasteiger partial charge is 0.253 e. The van der Waals surface area contributed by atoms with E-state index in [-0.39, 0.29) is 5.91 Å². The van der Waals surface area contributed by atoms with E-state index in [1.165, 1.54) is 12.8 Å². The highest BCUT2D eigenvalue weighted by Crippen LogP contribution is 2.53. The molecule has 0 saturated carbocycles. The van der Waals surface area contributed by atoms with Gasteiger partial charge in [-0.1, -0.05) is 6.07 Å². The second-order valence-corrected chi connectivity index (χ2v) is 8.55. The number of ether oxygens (including phenoxy) is 2. The van der Waals surface area contributed by atoms with Crippen molar-refractivity contribution in [1.82, 2.24) is 10.2 Å². The van der Waals surface area contributed by atoms with E-state index in [2.05, 4.69) is 16.3 Å². The minimum absolute atomic E-state index is 0.00110. The molecule has 1 amide bonds. The van der Waals surface area contributed by atoms with Crippen molar-refractivity contribution >= 4 is 17.3 Å². The van der Waals surface area contributed by atoms with Crippen LogP contribution < -0.4 is 19.7 Å². The average molecular weight is 408 g/mol. The first-order valence-corrected chi connectivity index (χ1v) is 10.9. The largest absolute Gasteiger partial charge is 0.493 e. The monoisotopic (exact) mass is 407 g/mol. The number of hydrogen-bond acceptors (Lipinski definition) is 5. The van der Waals surface area contributed by atoms with Crippen molar-refractivity contribution in [1.29, 1.82) is 0 Å². The molecule has 3 aliphatic heterocycles. The number of methoxy groups -OCH3 is 1. The zero-order valence-corrected chi connectivity index (χ0v) is 17.9. The molecular weight excluding hydrogens is 378 g/mol. The van der Waals surface area contributed by atoms with Crippen LogP contribution in [-0.2, 0) is 0 Å². The van der Waals surface area contributed by atoms with Crippen molar-refractivity contribution in [3.8, 4) is 17.2 Å². The molecule has 2 aromatic rings. The summed E-state index contributed by atoms with van der Waals surface area (Å²) in [4.78, 5) is 16.9. The van der Waals surface area contributed by atoms with Gasteiger partial charge in [0, 0.05) is 37.3 Å². The van der Waals surface area contributed by atoms with Crippen LogP contribution in [0.15, 0.2) is 36.4 Å². The number of para-hydroxylation sites is 1. The number of amides is 1. The van der Waals surface area contributed by atoms with Crippen molar-refractivity contribution in [3.05, 3.63) is 42.0 Å². The van der Waals surface area contributed by atoms with Crippen LogP contribution in [0.1, 0.15) is 43.0 Å². The van der Waals surface area contributed by atoms with E-state index in [9.17, 15) is 4.79 Å². The molecule has 2 atom stereocenters. The number of fused-ring (bicyclic) bond motifs is 4. The van der Waals surface area contributed by atoms with Crippen LogP contribution in [0, 0.1) is 0 Å². The quantitative estimate of drug-likeness (QED) is 0.818. The molecule has 6 nitrogen and oxygen atoms in total. The SMILES string of the molecule is CCN(C)C(=O)c1ccc2c(c1)Oc1c(OC)cccc1N2C1CC2CCC(C1)N2. The van der Waals surface area contributed by atoms with E-state index in [1.807, 2.05) is 44.3 Å². The molecule has 158 valence electrons. The molecule has 2 unspecified atom stereocenters. The summed E-state index contributed by atoms with van der Waals surface area (Å²) in [6.45, 7) is 2.64. The number of nitrogens with one attached hydrogen (secondary N) is 1. The van der Waals surface area contributed by atoms with Crippen LogP contribution in [0.25, 0.3) is 0 Å². The summed E-state index contributed by atoms with van der Waals surface area (Å²) in [5.74, 6) is 2.16. The molecule has 2 saturated heterocycles. The Labute approximate surface area is 177 Å². The molecule has 1 N–H and O–H groups in total. The van der Waals surface area contributed by atoms with E-state index >= 15 is 0 Å². The van der Waals surface area contributed by atoms with Gasteiger partial charge < -0.3 is 24.6 Å². The lowest BCUT2D eigenvalue weighted by Crippen LogP contribution is -2.47. The first-order chi connectivity index (χ1) is 14.6. The van der Waals surface area contributed by atoms with Gasteiger partial charge in [0.2, 0.25) is 0 Å². The van der Waals surface area contributed by atoms with Gasteiger partial charge in [0.05, 0.1) is 18.5 Å². The fraction of sp³-hybridized carbons (Fsp3) is 0.458. The van der Waals surface area contributed by atoms with Crippen LogP contribution in [0.4, 0.5) is 11.4 Å². The van der Waals surface area contributed by atoms with Crippen LogP contribution in [0.2, 0.25) is 0 Å². The lowest BCUT2D eigenvalue weighted by Gasteiger charge is -2.42. The summed E-state index contributed by atoms with van der Waals surface area (Å²) in [5.41, 5.74) is 2.71. The third kappa shape index (κ3) is 3.10. The van der Waals surface area contributed by atoms with E-state index in [0.717, 1.165) is 30.0 Å². The van der Waals surface area contributed by atoms with Crippen LogP contribution in [0.3, 0.4) is 0 Å². The minimum Gasteiger partial charge on any atom is -0.493 e. The maximum absolute atomic E-state index is 12.7. The fourth-order valence-corrected chi connectivity index (χ4v) is 5.12. The van der Waals surface area contributed by atoms with Crippen molar-refractivity contribution in [2.24, 2.45) is 0 Å². The molecule has 0 aromatic heterocycles. The third-order valence-corrected chi connectivity index (χ3v) is 6.75. The second-order valence-electron chi connectivity index (χ2n) is 8.55. The van der Waals surface area contributed by atoms with Gasteiger partial charge in [0.15, 0.2) is 17.2 Å². The predicted octanol–water partition coefficient (Wildman–Crippen LogP) is 4.31. The van der Waals surface area contributed by atoms with E-state index in [4.69, 9.17) is 9.47 Å². The highest BCUT2D eigenvalue weighted by molar-refractivity contribution is 5.96. The van der Waals surface area contributed by atoms with E-state index in [1.54, 1.807) is 12.0 Å². The summed E-state index contributed by atoms with van der Waals surface area (Å²) in [6.07, 6.45) is 4.71. The zero-order chi connectivity index (χ0) is 20.8. The summed E-state index contributed by atoms with van der Waals surface area (Å²) >= 11 is 0. The lowest BCUT2D eigenvalue weighted by atomic mass is 9.95. The highest BCUT2D eigenvalue weighted by atomic mass is 16.5. The number of piperidine rings is 1. The van der Waals surface area contributed by atoms with Gasteiger partial charge in [-0.2, -0.15) is 0 Å². The Kier molecular flexibility index (Phi) is 4.82. The molecule has 3 heterocycles. The Morgan fingerprint density at radius 2 is 1.97 bits per heavy atom. The van der Waals surface area contributed by atoms with Crippen molar-refractivity contribution < 1.29 is 14.3 Å². The fourth-order valence-electron chi connectivity index (χ4n) is 5.12. The number of nitrogens with zero attached hydrogens (tertiary/aromatic N) is 2. The zero-order valence-electron chi connectivity index (χ0n) is 17.9. The van der Waals surface area contributed by atoms with Gasteiger partial charge >= 0.3 is 0 Å². The number of carbonyl (C=O) groups is 1. The Hall–Kier alpha value is -2.73. The van der Waals surface area contributed by atoms with Crippen LogP contribution >= 0.6 is 0 Å². The summed E-state index contributed by atoms with van der Waals surface area (Å²) in [5, 5.41) is 3.74. The molecule has 5 rings (SSSR count). The molecule has 0 aliphatic carbocycles. The standard InChI is InChI=1S/C24H29N3O3/c1-4-26(2)24(28)15-8-11-19-22(12-15)30-23-20(6-5-7-21(23)29-3)27(19)18-13-16-9-10-17(14-18)25-16/h5-8,11-12,16-18,25H,4,9-10,13-14H2,1-3H3. The Morgan fingerprint density at radius 3 is 2.67 bits per heavy atom. The topological polar surface area (TPSA) is 54.0 Å². The first-order valence-electron chi connectivity index (χ1n) is 10.9. The van der Waals surface area contributed by atoms with Crippen molar-refractivity contribution in [2.45, 2.75) is 50.7 Å². The Morgan fingerprint density at radius 1 is 1.20 bits per heavy atom. The Balaban J connectivity index is 1.59. The maximum atomic E-state index is 12.7. The number of anilines is 2. The molecule has 0 spiro atoms. The molecule has 2 aromatic carbocycles. The first kappa shape index (κ1) is 19.2. The molecule has 3 aliphatic rings. The van der Waals surface area contributed by atoms with E-state index < -0.39 is 0 Å². The minimum atomic E-state index is 0.00110. The molecular formula is C24H29N3O3. The van der Waals surface area contributed by atoms with Crippen LogP contribution in [-0.4, -0.2) is 49.6 Å². The summed E-state index contributed by atoms with van der Waals surface area (Å²) in [6, 6.07) is 13.4. The molecule has 2 fully saturated rings. The third-order valence-electron chi connectivity index (χ3n) is 6.75. The van der Waals surface area contributed by atoms with Crippen molar-refractivity contribution in [3.63, 3.8) is 0 Å². The van der Waals surface area contributed by atoms with Crippen LogP contribution in [0.5, 0.6) is 17.2 Å². The summed E-state index contributed by atoms with van der Waals surface area (Å²) < 4.78 is 12.0. The molecule has 6 heteroatoms. The molecule has 2 bridgehead atoms. The van der Waals surface area contributed by atoms with Gasteiger partial charge in [0.25, 0.3) is 5.91 Å². The van der Waals surface area contributed by atoms with E-state index in [0.29, 0.717) is 41.7 Å². The van der Waals surface area contributed by atoms with Crippen molar-refractivity contribution in [2.75, 3.05) is 25.6 Å². The van der Waals surface area contributed by atoms with Gasteiger partial charge in [-0.15, -0.1) is 0 Å². The van der Waals surface area contributed by atoms with Gasteiger partial charge in [-0.25, -0.2) is 0 Å². The summed E-state index contributed by atoms with van der Waals surface area (Å²) in [7, 11) is 3.48. The average Bonchev–Trinajstić information content (AvgIpc) is 3.12. The highest BCUT2D eigenvalue weighted by Gasteiger charge is 2.40. The number of hydrogen-bond donors (Lipinski definition) is 1. The normalized spacial score (nSPS) is 24.0. The number of rotatable bonds is 4. The number of carbonyl (C=O) groups excluding carboxylic acids is 1. The van der Waals surface area contributed by atoms with Gasteiger partial charge in [-0.3, -0.25) is 4.79 Å². The molecule has 30 heavy (non-hydrogen) atoms.